The zero-order chi connectivity index (χ0) is 14.3. The summed E-state index contributed by atoms with van der Waals surface area (Å²) in [6, 6.07) is 10.3. The summed E-state index contributed by atoms with van der Waals surface area (Å²) in [7, 11) is 0. The molecule has 0 spiro atoms. The van der Waals surface area contributed by atoms with Gasteiger partial charge in [-0.2, -0.15) is 10.2 Å². The van der Waals surface area contributed by atoms with E-state index in [0.717, 1.165) is 10.0 Å². The average Bonchev–Trinajstić information content (AvgIpc) is 2.72. The molecule has 1 aliphatic carbocycles. The smallest absolute Gasteiger partial charge is 0.231 e. The van der Waals surface area contributed by atoms with Crippen molar-refractivity contribution in [1.82, 2.24) is 10.1 Å². The van der Waals surface area contributed by atoms with Crippen molar-refractivity contribution < 1.29 is 4.52 Å². The topological polar surface area (TPSA) is 62.7 Å². The van der Waals surface area contributed by atoms with Crippen LogP contribution in [0.25, 0.3) is 0 Å². The summed E-state index contributed by atoms with van der Waals surface area (Å²) in [5, 5.41) is 13.1. The Bertz CT molecular complexity index is 686. The van der Waals surface area contributed by atoms with Crippen molar-refractivity contribution in [2.24, 2.45) is 11.3 Å². The number of nitrogens with zero attached hydrogens (tertiary/aromatic N) is 3. The highest BCUT2D eigenvalue weighted by atomic mass is 79.9. The van der Waals surface area contributed by atoms with Crippen molar-refractivity contribution in [2.75, 3.05) is 0 Å². The highest BCUT2D eigenvalue weighted by molar-refractivity contribution is 9.10. The van der Waals surface area contributed by atoms with Crippen molar-refractivity contribution in [1.29, 1.82) is 5.26 Å². The molecular weight excluding hydrogens is 318 g/mol. The van der Waals surface area contributed by atoms with E-state index in [1.807, 2.05) is 24.3 Å². The molecule has 0 aliphatic heterocycles. The van der Waals surface area contributed by atoms with Gasteiger partial charge in [-0.15, -0.1) is 0 Å². The lowest BCUT2D eigenvalue weighted by molar-refractivity contribution is 0.363. The van der Waals surface area contributed by atoms with Gasteiger partial charge in [-0.25, -0.2) is 0 Å². The molecule has 2 unspecified atom stereocenters. The van der Waals surface area contributed by atoms with Crippen LogP contribution in [-0.4, -0.2) is 10.1 Å². The first-order valence-electron chi connectivity index (χ1n) is 6.49. The molecule has 102 valence electrons. The molecule has 0 N–H and O–H groups in total. The second kappa shape index (κ2) is 4.71. The summed E-state index contributed by atoms with van der Waals surface area (Å²) < 4.78 is 6.37. The number of hydrogen-bond donors (Lipinski definition) is 0. The van der Waals surface area contributed by atoms with Crippen LogP contribution in [-0.2, 0) is 6.42 Å². The van der Waals surface area contributed by atoms with E-state index in [4.69, 9.17) is 9.78 Å². The van der Waals surface area contributed by atoms with E-state index >= 15 is 0 Å². The van der Waals surface area contributed by atoms with Gasteiger partial charge in [-0.3, -0.25) is 0 Å². The molecule has 2 aromatic rings. The molecule has 1 aliphatic rings. The number of nitriles is 1. The lowest BCUT2D eigenvalue weighted by Gasteiger charge is -1.97. The molecular formula is C15H14BrN3O. The summed E-state index contributed by atoms with van der Waals surface area (Å²) in [5.74, 6) is 1.29. The maximum absolute atomic E-state index is 9.10. The monoisotopic (exact) mass is 331 g/mol. The van der Waals surface area contributed by atoms with Gasteiger partial charge in [0, 0.05) is 10.9 Å². The highest BCUT2D eigenvalue weighted by Gasteiger charge is 2.62. The van der Waals surface area contributed by atoms with Gasteiger partial charge < -0.3 is 4.52 Å². The van der Waals surface area contributed by atoms with Crippen LogP contribution >= 0.6 is 15.9 Å². The summed E-state index contributed by atoms with van der Waals surface area (Å²) in [6.45, 7) is 4.12. The van der Waals surface area contributed by atoms with Gasteiger partial charge in [0.1, 0.15) is 0 Å². The molecule has 4 nitrogen and oxygen atoms in total. The van der Waals surface area contributed by atoms with Gasteiger partial charge in [-0.1, -0.05) is 47.1 Å². The molecule has 5 heteroatoms. The third kappa shape index (κ3) is 2.25. The third-order valence-corrected chi connectivity index (χ3v) is 4.46. The third-order valence-electron chi connectivity index (χ3n) is 3.97. The van der Waals surface area contributed by atoms with Crippen LogP contribution in [0.3, 0.4) is 0 Å². The predicted octanol–water partition coefficient (Wildman–Crippen LogP) is 3.69. The zero-order valence-electron chi connectivity index (χ0n) is 11.3. The van der Waals surface area contributed by atoms with E-state index in [9.17, 15) is 0 Å². The Morgan fingerprint density at radius 2 is 2.25 bits per heavy atom. The average molecular weight is 332 g/mol. The zero-order valence-corrected chi connectivity index (χ0v) is 12.9. The van der Waals surface area contributed by atoms with Crippen LogP contribution in [0.5, 0.6) is 0 Å². The van der Waals surface area contributed by atoms with Crippen LogP contribution in [0.15, 0.2) is 33.3 Å². The molecule has 0 radical (unpaired) electrons. The van der Waals surface area contributed by atoms with Crippen molar-refractivity contribution in [3.63, 3.8) is 0 Å². The molecule has 1 fully saturated rings. The minimum atomic E-state index is -0.0612. The van der Waals surface area contributed by atoms with E-state index in [-0.39, 0.29) is 17.3 Å². The minimum absolute atomic E-state index is 0.0262. The summed E-state index contributed by atoms with van der Waals surface area (Å²) >= 11 is 3.45. The molecule has 1 aromatic carbocycles. The van der Waals surface area contributed by atoms with Crippen molar-refractivity contribution >= 4 is 15.9 Å². The number of hydrogen-bond acceptors (Lipinski definition) is 4. The van der Waals surface area contributed by atoms with Gasteiger partial charge in [0.25, 0.3) is 0 Å². The summed E-state index contributed by atoms with van der Waals surface area (Å²) in [4.78, 5) is 4.45. The Morgan fingerprint density at radius 1 is 1.45 bits per heavy atom. The Hall–Kier alpha value is -1.67. The first-order valence-corrected chi connectivity index (χ1v) is 7.28. The fraction of sp³-hybridized carbons (Fsp3) is 0.400. The Morgan fingerprint density at radius 3 is 2.90 bits per heavy atom. The molecule has 1 saturated carbocycles. The van der Waals surface area contributed by atoms with Crippen molar-refractivity contribution in [3.8, 4) is 6.07 Å². The Balaban J connectivity index is 1.77. The fourth-order valence-electron chi connectivity index (χ4n) is 2.63. The first kappa shape index (κ1) is 13.3. The molecule has 1 heterocycles. The van der Waals surface area contributed by atoms with E-state index in [1.54, 1.807) is 0 Å². The van der Waals surface area contributed by atoms with Gasteiger partial charge in [0.05, 0.1) is 17.9 Å². The van der Waals surface area contributed by atoms with Gasteiger partial charge in [0.2, 0.25) is 5.89 Å². The van der Waals surface area contributed by atoms with Crippen LogP contribution in [0, 0.1) is 22.7 Å². The first-order chi connectivity index (χ1) is 9.52. The van der Waals surface area contributed by atoms with Crippen LogP contribution in [0.2, 0.25) is 0 Å². The van der Waals surface area contributed by atoms with E-state index in [1.165, 1.54) is 0 Å². The number of aromatic nitrogens is 2. The summed E-state index contributed by atoms with van der Waals surface area (Å²) in [5.41, 5.74) is 1.06. The second-order valence-corrected chi connectivity index (χ2v) is 6.68. The molecule has 1 aromatic heterocycles. The summed E-state index contributed by atoms with van der Waals surface area (Å²) in [6.07, 6.45) is 0.632. The highest BCUT2D eigenvalue weighted by Crippen LogP contribution is 2.63. The quantitative estimate of drug-likeness (QED) is 0.860. The van der Waals surface area contributed by atoms with Gasteiger partial charge in [0.15, 0.2) is 5.82 Å². The normalized spacial score (nSPS) is 23.3. The fourth-order valence-corrected chi connectivity index (χ4v) is 3.08. The van der Waals surface area contributed by atoms with E-state index < -0.39 is 0 Å². The molecule has 0 saturated heterocycles. The second-order valence-electron chi connectivity index (χ2n) is 5.76. The van der Waals surface area contributed by atoms with Gasteiger partial charge >= 0.3 is 0 Å². The Kier molecular flexibility index (Phi) is 3.14. The number of benzene rings is 1. The largest absolute Gasteiger partial charge is 0.339 e. The van der Waals surface area contributed by atoms with Crippen LogP contribution in [0.4, 0.5) is 0 Å². The molecule has 0 amide bonds. The maximum atomic E-state index is 9.10. The predicted molar refractivity (Wildman–Crippen MR) is 76.9 cm³/mol. The number of halogens is 1. The molecule has 3 rings (SSSR count). The number of rotatable bonds is 3. The van der Waals surface area contributed by atoms with E-state index in [2.05, 4.69) is 46.0 Å². The minimum Gasteiger partial charge on any atom is -0.339 e. The van der Waals surface area contributed by atoms with Gasteiger partial charge in [-0.05, 0) is 23.1 Å². The standard InChI is InChI=1S/C15H14BrN3O/c1-15(2)11(8-17)13(15)14-18-12(19-20-14)7-9-4-3-5-10(16)6-9/h3-6,11,13H,7H2,1-2H3. The van der Waals surface area contributed by atoms with Crippen LogP contribution in [0.1, 0.15) is 37.0 Å². The molecule has 20 heavy (non-hydrogen) atoms. The Labute approximate surface area is 125 Å². The lowest BCUT2D eigenvalue weighted by atomic mass is 10.1. The van der Waals surface area contributed by atoms with E-state index in [0.29, 0.717) is 18.1 Å². The molecule has 0 bridgehead atoms. The van der Waals surface area contributed by atoms with Crippen LogP contribution < -0.4 is 0 Å². The van der Waals surface area contributed by atoms with Crippen molar-refractivity contribution in [2.45, 2.75) is 26.2 Å². The maximum Gasteiger partial charge on any atom is 0.231 e. The molecule has 2 atom stereocenters. The lowest BCUT2D eigenvalue weighted by Crippen LogP contribution is -1.93. The SMILES string of the molecule is CC1(C)C(C#N)C1c1nc(Cc2cccc(Br)c2)no1. The van der Waals surface area contributed by atoms with Crippen molar-refractivity contribution in [3.05, 3.63) is 46.0 Å².